The van der Waals surface area contributed by atoms with Crippen LogP contribution in [0.5, 0.6) is 0 Å². The van der Waals surface area contributed by atoms with Gasteiger partial charge in [-0.3, -0.25) is 0 Å². The number of sulfonamides is 1. The molecule has 0 saturated heterocycles. The summed E-state index contributed by atoms with van der Waals surface area (Å²) >= 11 is 12.9. The molecule has 4 aromatic carbocycles. The Labute approximate surface area is 177 Å². The smallest absolute Gasteiger partial charge is 0.225 e. The molecule has 29 heavy (non-hydrogen) atoms. The van der Waals surface area contributed by atoms with Crippen LogP contribution in [0.3, 0.4) is 0 Å². The topological polar surface area (TPSA) is 60.2 Å². The summed E-state index contributed by atoms with van der Waals surface area (Å²) in [6.07, 6.45) is 0.276. The second kappa shape index (κ2) is 7.26. The Hall–Kier alpha value is -2.18. The van der Waals surface area contributed by atoms with E-state index in [9.17, 15) is 12.8 Å². The van der Waals surface area contributed by atoms with Crippen LogP contribution < -0.4 is 5.14 Å². The number of halogens is 3. The third kappa shape index (κ3) is 3.71. The van der Waals surface area contributed by atoms with Crippen molar-refractivity contribution in [1.82, 2.24) is 0 Å². The molecule has 0 aliphatic rings. The van der Waals surface area contributed by atoms with Crippen LogP contribution in [-0.4, -0.2) is 8.42 Å². The van der Waals surface area contributed by atoms with Gasteiger partial charge in [0.05, 0.1) is 9.92 Å². The maximum atomic E-state index is 14.7. The minimum atomic E-state index is -3.83. The van der Waals surface area contributed by atoms with Gasteiger partial charge in [0.2, 0.25) is 10.0 Å². The molecule has 0 heterocycles. The molecule has 7 heteroatoms. The number of hydrogen-bond acceptors (Lipinski definition) is 2. The molecule has 2 N–H and O–H groups in total. The van der Waals surface area contributed by atoms with Crippen molar-refractivity contribution >= 4 is 54.8 Å². The van der Waals surface area contributed by atoms with Gasteiger partial charge in [-0.25, -0.2) is 17.9 Å². The zero-order chi connectivity index (χ0) is 20.9. The highest BCUT2D eigenvalue weighted by atomic mass is 35.5. The highest BCUT2D eigenvalue weighted by Crippen LogP contribution is 2.33. The van der Waals surface area contributed by atoms with Crippen molar-refractivity contribution in [2.75, 3.05) is 0 Å². The third-order valence-corrected chi connectivity index (χ3v) is 6.84. The number of primary sulfonamides is 1. The minimum Gasteiger partial charge on any atom is -0.225 e. The summed E-state index contributed by atoms with van der Waals surface area (Å²) in [5, 5.41) is 9.13. The summed E-state index contributed by atoms with van der Waals surface area (Å²) in [6.45, 7) is 1.66. The lowest BCUT2D eigenvalue weighted by Gasteiger charge is -2.12. The van der Waals surface area contributed by atoms with Crippen molar-refractivity contribution in [2.24, 2.45) is 5.14 Å². The fraction of sp³-hybridized carbons (Fsp3) is 0.0909. The van der Waals surface area contributed by atoms with Gasteiger partial charge in [0.15, 0.2) is 0 Å². The number of fused-ring (bicyclic) bond motifs is 2. The quantitative estimate of drug-likeness (QED) is 0.419. The van der Waals surface area contributed by atoms with Gasteiger partial charge in [-0.05, 0) is 64.7 Å². The number of hydrogen-bond donors (Lipinski definition) is 1. The zero-order valence-corrected chi connectivity index (χ0v) is 17.7. The molecule has 0 aromatic heterocycles. The molecular formula is C22H16Cl2FNO2S. The normalized spacial score (nSPS) is 12.0. The molecule has 4 aromatic rings. The Bertz CT molecular complexity index is 1400. The molecule has 0 aliphatic carbocycles. The van der Waals surface area contributed by atoms with E-state index in [2.05, 4.69) is 0 Å². The van der Waals surface area contributed by atoms with Gasteiger partial charge in [0, 0.05) is 22.2 Å². The molecule has 0 aliphatic heterocycles. The van der Waals surface area contributed by atoms with Crippen LogP contribution in [0.25, 0.3) is 21.5 Å². The molecule has 0 fully saturated rings. The summed E-state index contributed by atoms with van der Waals surface area (Å²) < 4.78 is 38.2. The molecule has 0 spiro atoms. The first-order valence-corrected chi connectivity index (χ1v) is 11.1. The van der Waals surface area contributed by atoms with Crippen molar-refractivity contribution in [3.63, 3.8) is 0 Å². The Morgan fingerprint density at radius 2 is 1.66 bits per heavy atom. The maximum Gasteiger partial charge on any atom is 0.238 e. The van der Waals surface area contributed by atoms with E-state index >= 15 is 0 Å². The number of nitrogens with two attached hydrogens (primary N) is 1. The average Bonchev–Trinajstić information content (AvgIpc) is 2.64. The lowest BCUT2D eigenvalue weighted by Crippen LogP contribution is -2.13. The third-order valence-electron chi connectivity index (χ3n) is 5.01. The van der Waals surface area contributed by atoms with E-state index in [1.165, 1.54) is 12.1 Å². The molecule has 0 saturated carbocycles. The molecule has 0 radical (unpaired) electrons. The first kappa shape index (κ1) is 20.1. The van der Waals surface area contributed by atoms with E-state index < -0.39 is 10.0 Å². The van der Waals surface area contributed by atoms with Crippen LogP contribution >= 0.6 is 23.2 Å². The van der Waals surface area contributed by atoms with E-state index in [1.54, 1.807) is 43.3 Å². The molecule has 3 nitrogen and oxygen atoms in total. The highest BCUT2D eigenvalue weighted by molar-refractivity contribution is 7.89. The fourth-order valence-electron chi connectivity index (χ4n) is 3.56. The van der Waals surface area contributed by atoms with Gasteiger partial charge in [-0.2, -0.15) is 0 Å². The van der Waals surface area contributed by atoms with Gasteiger partial charge in [0.25, 0.3) is 0 Å². The van der Waals surface area contributed by atoms with Gasteiger partial charge >= 0.3 is 0 Å². The van der Waals surface area contributed by atoms with Crippen molar-refractivity contribution in [1.29, 1.82) is 0 Å². The van der Waals surface area contributed by atoms with Crippen LogP contribution in [-0.2, 0) is 16.4 Å². The number of aryl methyl sites for hydroxylation is 1. The van der Waals surface area contributed by atoms with Gasteiger partial charge < -0.3 is 0 Å². The first-order valence-electron chi connectivity index (χ1n) is 8.76. The first-order chi connectivity index (χ1) is 13.6. The largest absolute Gasteiger partial charge is 0.238 e. The number of rotatable bonds is 3. The molecule has 4 rings (SSSR count). The van der Waals surface area contributed by atoms with E-state index in [1.807, 2.05) is 6.07 Å². The van der Waals surface area contributed by atoms with E-state index in [0.717, 1.165) is 16.3 Å². The molecule has 0 atom stereocenters. The summed E-state index contributed by atoms with van der Waals surface area (Å²) in [5.41, 5.74) is 1.71. The predicted octanol–water partition coefficient (Wildman–Crippen LogP) is 5.99. The Balaban J connectivity index is 1.83. The monoisotopic (exact) mass is 447 g/mol. The van der Waals surface area contributed by atoms with Crippen LogP contribution in [0.4, 0.5) is 4.39 Å². The molecule has 148 valence electrons. The Morgan fingerprint density at radius 1 is 0.931 bits per heavy atom. The molecular weight excluding hydrogens is 432 g/mol. The van der Waals surface area contributed by atoms with Crippen LogP contribution in [0.15, 0.2) is 59.5 Å². The minimum absolute atomic E-state index is 0.0593. The average molecular weight is 448 g/mol. The van der Waals surface area contributed by atoms with Crippen molar-refractivity contribution in [3.05, 3.63) is 87.2 Å². The SMILES string of the molecule is Cc1cc2c(Cl)c(Cc3cc4c(Cl)cccc4cc3F)ccc2cc1S(N)(=O)=O. The number of benzene rings is 4. The zero-order valence-electron chi connectivity index (χ0n) is 15.3. The van der Waals surface area contributed by atoms with Crippen molar-refractivity contribution < 1.29 is 12.8 Å². The van der Waals surface area contributed by atoms with Crippen LogP contribution in [0, 0.1) is 12.7 Å². The summed E-state index contributed by atoms with van der Waals surface area (Å²) in [7, 11) is -3.83. The lowest BCUT2D eigenvalue weighted by atomic mass is 9.97. The second-order valence-electron chi connectivity index (χ2n) is 7.00. The van der Waals surface area contributed by atoms with Crippen molar-refractivity contribution in [2.45, 2.75) is 18.2 Å². The van der Waals surface area contributed by atoms with Gasteiger partial charge in [0.1, 0.15) is 5.82 Å². The standard InChI is InChI=1S/C22H16Cl2FNO2S/c1-12-7-18-14(11-21(12)29(26,27)28)5-6-15(22(18)24)8-16-9-17-13(10-20(16)25)3-2-4-19(17)23/h2-7,9-11H,8H2,1H3,(H2,26,27,28). The molecule has 0 amide bonds. The van der Waals surface area contributed by atoms with E-state index in [-0.39, 0.29) is 17.1 Å². The maximum absolute atomic E-state index is 14.7. The van der Waals surface area contributed by atoms with Crippen molar-refractivity contribution in [3.8, 4) is 0 Å². The summed E-state index contributed by atoms with van der Waals surface area (Å²) in [6, 6.07) is 15.3. The van der Waals surface area contributed by atoms with Gasteiger partial charge in [-0.15, -0.1) is 0 Å². The second-order valence-corrected chi connectivity index (χ2v) is 9.32. The lowest BCUT2D eigenvalue weighted by molar-refractivity contribution is 0.597. The predicted molar refractivity (Wildman–Crippen MR) is 117 cm³/mol. The van der Waals surface area contributed by atoms with E-state index in [4.69, 9.17) is 28.3 Å². The summed E-state index contributed by atoms with van der Waals surface area (Å²) in [5.74, 6) is -0.336. The molecule has 0 unspecified atom stereocenters. The highest BCUT2D eigenvalue weighted by Gasteiger charge is 2.16. The fourth-order valence-corrected chi connectivity index (χ4v) is 4.89. The van der Waals surface area contributed by atoms with Crippen LogP contribution in [0.1, 0.15) is 16.7 Å². The van der Waals surface area contributed by atoms with Crippen LogP contribution in [0.2, 0.25) is 10.0 Å². The molecule has 0 bridgehead atoms. The van der Waals surface area contributed by atoms with E-state index in [0.29, 0.717) is 31.9 Å². The summed E-state index contributed by atoms with van der Waals surface area (Å²) in [4.78, 5) is 0.0593. The Morgan fingerprint density at radius 3 is 2.38 bits per heavy atom. The Kier molecular flexibility index (Phi) is 5.03. The van der Waals surface area contributed by atoms with Gasteiger partial charge in [-0.1, -0.05) is 47.5 Å².